The number of ether oxygens (including phenoxy) is 1. The van der Waals surface area contributed by atoms with Crippen LogP contribution in [0.15, 0.2) is 24.3 Å². The first kappa shape index (κ1) is 13.4. The minimum Gasteiger partial charge on any atom is -0.492 e. The van der Waals surface area contributed by atoms with E-state index >= 15 is 0 Å². The van der Waals surface area contributed by atoms with Crippen LogP contribution in [0.2, 0.25) is 0 Å². The van der Waals surface area contributed by atoms with Crippen molar-refractivity contribution in [2.75, 3.05) is 26.2 Å². The first-order valence-electron chi connectivity index (χ1n) is 6.96. The van der Waals surface area contributed by atoms with E-state index < -0.39 is 0 Å². The molecule has 1 saturated carbocycles. The van der Waals surface area contributed by atoms with E-state index in [1.54, 1.807) is 0 Å². The van der Waals surface area contributed by atoms with E-state index in [2.05, 4.69) is 11.8 Å². The molecular weight excluding hydrogens is 224 g/mol. The van der Waals surface area contributed by atoms with Gasteiger partial charge in [-0.3, -0.25) is 4.90 Å². The third-order valence-electron chi connectivity index (χ3n) is 3.50. The quantitative estimate of drug-likeness (QED) is 0.767. The van der Waals surface area contributed by atoms with Gasteiger partial charge in [-0.2, -0.15) is 0 Å². The van der Waals surface area contributed by atoms with Crippen molar-refractivity contribution >= 4 is 0 Å². The summed E-state index contributed by atoms with van der Waals surface area (Å²) in [6.07, 6.45) is 2.83. The molecule has 0 saturated heterocycles. The maximum atomic E-state index is 5.76. The van der Waals surface area contributed by atoms with Gasteiger partial charge in [-0.1, -0.05) is 19.1 Å². The minimum atomic E-state index is 0.589. The Kier molecular flexibility index (Phi) is 5.02. The molecule has 1 aromatic rings. The van der Waals surface area contributed by atoms with E-state index in [9.17, 15) is 0 Å². The van der Waals surface area contributed by atoms with Gasteiger partial charge in [0.25, 0.3) is 0 Å². The molecule has 3 heteroatoms. The average Bonchev–Trinajstić information content (AvgIpc) is 3.22. The van der Waals surface area contributed by atoms with Gasteiger partial charge in [0, 0.05) is 19.6 Å². The van der Waals surface area contributed by atoms with Crippen molar-refractivity contribution in [1.82, 2.24) is 4.90 Å². The number of benzene rings is 1. The zero-order valence-corrected chi connectivity index (χ0v) is 11.3. The summed E-state index contributed by atoms with van der Waals surface area (Å²) in [6, 6.07) is 8.05. The van der Waals surface area contributed by atoms with E-state index in [4.69, 9.17) is 10.5 Å². The molecule has 0 unspecified atom stereocenters. The van der Waals surface area contributed by atoms with Gasteiger partial charge in [-0.25, -0.2) is 0 Å². The fourth-order valence-corrected chi connectivity index (χ4v) is 2.06. The maximum Gasteiger partial charge on any atom is 0.119 e. The largest absolute Gasteiger partial charge is 0.492 e. The van der Waals surface area contributed by atoms with Crippen molar-refractivity contribution in [2.45, 2.75) is 26.3 Å². The lowest BCUT2D eigenvalue weighted by Gasteiger charge is -2.20. The maximum absolute atomic E-state index is 5.76. The molecule has 1 fully saturated rings. The van der Waals surface area contributed by atoms with E-state index in [1.807, 2.05) is 24.3 Å². The first-order chi connectivity index (χ1) is 8.81. The van der Waals surface area contributed by atoms with E-state index in [1.165, 1.54) is 19.4 Å². The van der Waals surface area contributed by atoms with Gasteiger partial charge in [-0.05, 0) is 43.0 Å². The number of likely N-dealkylation sites (N-methyl/N-ethyl adjacent to an activating group) is 1. The van der Waals surface area contributed by atoms with Crippen LogP contribution < -0.4 is 10.5 Å². The SMILES string of the molecule is CCN(CCOc1ccc(CN)cc1)CC1CC1. The number of hydrogen-bond donors (Lipinski definition) is 1. The van der Waals surface area contributed by atoms with Crippen molar-refractivity contribution in [1.29, 1.82) is 0 Å². The smallest absolute Gasteiger partial charge is 0.119 e. The molecule has 0 radical (unpaired) electrons. The van der Waals surface area contributed by atoms with Gasteiger partial charge < -0.3 is 10.5 Å². The number of nitrogens with two attached hydrogens (primary N) is 1. The average molecular weight is 248 g/mol. The standard InChI is InChI=1S/C15H24N2O/c1-2-17(12-14-3-4-14)9-10-18-15-7-5-13(11-16)6-8-15/h5-8,14H,2-4,9-12,16H2,1H3. The van der Waals surface area contributed by atoms with Crippen LogP contribution in [0.1, 0.15) is 25.3 Å². The van der Waals surface area contributed by atoms with Crippen molar-refractivity contribution in [2.24, 2.45) is 11.7 Å². The lowest BCUT2D eigenvalue weighted by atomic mass is 10.2. The van der Waals surface area contributed by atoms with Crippen LogP contribution in [0.3, 0.4) is 0 Å². The summed E-state index contributed by atoms with van der Waals surface area (Å²) in [5, 5.41) is 0. The Bertz CT molecular complexity index is 346. The predicted molar refractivity (Wildman–Crippen MR) is 74.7 cm³/mol. The molecular formula is C15H24N2O. The molecule has 3 nitrogen and oxygen atoms in total. The predicted octanol–water partition coefficient (Wildman–Crippen LogP) is 2.26. The summed E-state index contributed by atoms with van der Waals surface area (Å²) in [5.74, 6) is 1.89. The highest BCUT2D eigenvalue weighted by molar-refractivity contribution is 5.27. The van der Waals surface area contributed by atoms with Crippen LogP contribution in [0.4, 0.5) is 0 Å². The Balaban J connectivity index is 1.69. The second-order valence-electron chi connectivity index (χ2n) is 5.03. The molecule has 2 rings (SSSR count). The fourth-order valence-electron chi connectivity index (χ4n) is 2.06. The van der Waals surface area contributed by atoms with Crippen LogP contribution in [-0.2, 0) is 6.54 Å². The molecule has 0 atom stereocenters. The monoisotopic (exact) mass is 248 g/mol. The molecule has 0 amide bonds. The zero-order valence-electron chi connectivity index (χ0n) is 11.3. The minimum absolute atomic E-state index is 0.589. The van der Waals surface area contributed by atoms with Crippen LogP contribution in [0.25, 0.3) is 0 Å². The van der Waals surface area contributed by atoms with Gasteiger partial charge in [0.1, 0.15) is 12.4 Å². The van der Waals surface area contributed by atoms with Crippen molar-refractivity contribution in [3.05, 3.63) is 29.8 Å². The summed E-state index contributed by atoms with van der Waals surface area (Å²) in [7, 11) is 0. The fraction of sp³-hybridized carbons (Fsp3) is 0.600. The molecule has 2 N–H and O–H groups in total. The number of hydrogen-bond acceptors (Lipinski definition) is 3. The second kappa shape index (κ2) is 6.76. The molecule has 1 aromatic carbocycles. The number of nitrogens with zero attached hydrogens (tertiary/aromatic N) is 1. The number of rotatable bonds is 8. The topological polar surface area (TPSA) is 38.5 Å². The zero-order chi connectivity index (χ0) is 12.8. The van der Waals surface area contributed by atoms with Gasteiger partial charge >= 0.3 is 0 Å². The first-order valence-corrected chi connectivity index (χ1v) is 6.96. The summed E-state index contributed by atoms with van der Waals surface area (Å²) in [6.45, 7) is 6.95. The van der Waals surface area contributed by atoms with Crippen LogP contribution >= 0.6 is 0 Å². The highest BCUT2D eigenvalue weighted by Crippen LogP contribution is 2.29. The summed E-state index contributed by atoms with van der Waals surface area (Å²) >= 11 is 0. The van der Waals surface area contributed by atoms with Gasteiger partial charge in [0.15, 0.2) is 0 Å². The molecule has 100 valence electrons. The summed E-state index contributed by atoms with van der Waals surface area (Å²) in [5.41, 5.74) is 6.71. The molecule has 0 bridgehead atoms. The third-order valence-corrected chi connectivity index (χ3v) is 3.50. The van der Waals surface area contributed by atoms with E-state index in [-0.39, 0.29) is 0 Å². The normalized spacial score (nSPS) is 15.1. The molecule has 18 heavy (non-hydrogen) atoms. The third kappa shape index (κ3) is 4.31. The van der Waals surface area contributed by atoms with Crippen LogP contribution in [-0.4, -0.2) is 31.1 Å². The molecule has 0 aromatic heterocycles. The summed E-state index contributed by atoms with van der Waals surface area (Å²) < 4.78 is 5.76. The van der Waals surface area contributed by atoms with Crippen molar-refractivity contribution in [3.63, 3.8) is 0 Å². The molecule has 1 aliphatic carbocycles. The van der Waals surface area contributed by atoms with Gasteiger partial charge in [0.2, 0.25) is 0 Å². The van der Waals surface area contributed by atoms with Crippen molar-refractivity contribution < 1.29 is 4.74 Å². The Morgan fingerprint density at radius 2 is 2.00 bits per heavy atom. The lowest BCUT2D eigenvalue weighted by molar-refractivity contribution is 0.210. The Labute approximate surface area is 110 Å². The second-order valence-corrected chi connectivity index (χ2v) is 5.03. The van der Waals surface area contributed by atoms with Gasteiger partial charge in [0.05, 0.1) is 0 Å². The Morgan fingerprint density at radius 3 is 2.56 bits per heavy atom. The molecule has 0 aliphatic heterocycles. The summed E-state index contributed by atoms with van der Waals surface area (Å²) in [4.78, 5) is 2.48. The van der Waals surface area contributed by atoms with E-state index in [0.717, 1.165) is 36.9 Å². The highest BCUT2D eigenvalue weighted by Gasteiger charge is 2.23. The van der Waals surface area contributed by atoms with E-state index in [0.29, 0.717) is 6.54 Å². The lowest BCUT2D eigenvalue weighted by Crippen LogP contribution is -2.30. The highest BCUT2D eigenvalue weighted by atomic mass is 16.5. The van der Waals surface area contributed by atoms with Crippen LogP contribution in [0, 0.1) is 5.92 Å². The van der Waals surface area contributed by atoms with Gasteiger partial charge in [-0.15, -0.1) is 0 Å². The van der Waals surface area contributed by atoms with Crippen molar-refractivity contribution in [3.8, 4) is 5.75 Å². The molecule has 0 spiro atoms. The Morgan fingerprint density at radius 1 is 1.28 bits per heavy atom. The Hall–Kier alpha value is -1.06. The molecule has 0 heterocycles. The van der Waals surface area contributed by atoms with Crippen LogP contribution in [0.5, 0.6) is 5.75 Å². The molecule has 1 aliphatic rings.